The lowest BCUT2D eigenvalue weighted by molar-refractivity contribution is -0.130. The summed E-state index contributed by atoms with van der Waals surface area (Å²) < 4.78 is 28.1. The van der Waals surface area contributed by atoms with Gasteiger partial charge in [0.15, 0.2) is 6.10 Å². The Morgan fingerprint density at radius 1 is 1.30 bits per heavy atom. The molecule has 0 saturated heterocycles. The first-order chi connectivity index (χ1) is 12.5. The van der Waals surface area contributed by atoms with Gasteiger partial charge in [0.25, 0.3) is 5.91 Å². The molecule has 150 valence electrons. The molecule has 1 aromatic carbocycles. The Morgan fingerprint density at radius 2 is 1.96 bits per heavy atom. The van der Waals surface area contributed by atoms with Crippen LogP contribution in [0.5, 0.6) is 0 Å². The van der Waals surface area contributed by atoms with Gasteiger partial charge in [0, 0.05) is 6.04 Å². The van der Waals surface area contributed by atoms with Crippen LogP contribution >= 0.6 is 11.6 Å². The van der Waals surface area contributed by atoms with Crippen molar-refractivity contribution in [3.8, 4) is 0 Å². The zero-order chi connectivity index (χ0) is 20.4. The van der Waals surface area contributed by atoms with E-state index < -0.39 is 28.0 Å². The predicted octanol–water partition coefficient (Wildman–Crippen LogP) is 2.47. The molecule has 4 atom stereocenters. The van der Waals surface area contributed by atoms with E-state index in [2.05, 4.69) is 19.2 Å². The number of amides is 1. The Balaban J connectivity index is 2.06. The van der Waals surface area contributed by atoms with E-state index >= 15 is 0 Å². The third-order valence-electron chi connectivity index (χ3n) is 5.17. The highest BCUT2D eigenvalue weighted by atomic mass is 35.5. The van der Waals surface area contributed by atoms with Crippen LogP contribution in [-0.4, -0.2) is 32.4 Å². The number of hydrogen-bond acceptors (Lipinski definition) is 5. The number of esters is 1. The molecule has 7 nitrogen and oxygen atoms in total. The molecule has 0 unspecified atom stereocenters. The van der Waals surface area contributed by atoms with E-state index in [1.54, 1.807) is 0 Å². The van der Waals surface area contributed by atoms with Crippen LogP contribution in [0.25, 0.3) is 0 Å². The number of benzene rings is 1. The second-order valence-corrected chi connectivity index (χ2v) is 9.09. The molecule has 9 heteroatoms. The fraction of sp³-hybridized carbons (Fsp3) is 0.556. The molecule has 1 saturated carbocycles. The van der Waals surface area contributed by atoms with Gasteiger partial charge in [-0.1, -0.05) is 38.3 Å². The zero-order valence-corrected chi connectivity index (χ0v) is 17.1. The first-order valence-corrected chi connectivity index (χ1v) is 10.8. The van der Waals surface area contributed by atoms with Gasteiger partial charge in [-0.2, -0.15) is 0 Å². The maximum Gasteiger partial charge on any atom is 0.340 e. The standard InChI is InChI=1S/C18H25ClN2O5S/c1-10-5-4-6-16(11(10)2)21-17(22)12(3)26-18(23)14-9-13(27(20,24)25)7-8-15(14)19/h7-12,16H,4-6H2,1-3H3,(H,21,22)(H2,20,24,25)/t10-,11+,12-,16+/m1/s1. The minimum Gasteiger partial charge on any atom is -0.449 e. The highest BCUT2D eigenvalue weighted by Gasteiger charge is 2.30. The molecule has 27 heavy (non-hydrogen) atoms. The summed E-state index contributed by atoms with van der Waals surface area (Å²) in [5.41, 5.74) is -0.164. The van der Waals surface area contributed by atoms with Gasteiger partial charge in [-0.05, 0) is 43.4 Å². The van der Waals surface area contributed by atoms with E-state index in [0.29, 0.717) is 11.8 Å². The second-order valence-electron chi connectivity index (χ2n) is 7.12. The summed E-state index contributed by atoms with van der Waals surface area (Å²) in [5.74, 6) is -0.431. The fourth-order valence-corrected chi connectivity index (χ4v) is 3.94. The second kappa shape index (κ2) is 8.58. The maximum atomic E-state index is 12.4. The van der Waals surface area contributed by atoms with Gasteiger partial charge in [0.05, 0.1) is 15.5 Å². The average molecular weight is 417 g/mol. The number of halogens is 1. The van der Waals surface area contributed by atoms with Crippen molar-refractivity contribution in [2.75, 3.05) is 0 Å². The Labute approximate surface area is 164 Å². The average Bonchev–Trinajstić information content (AvgIpc) is 2.58. The Morgan fingerprint density at radius 3 is 2.59 bits per heavy atom. The topological polar surface area (TPSA) is 116 Å². The summed E-state index contributed by atoms with van der Waals surface area (Å²) in [4.78, 5) is 24.5. The molecule has 1 amide bonds. The lowest BCUT2D eigenvalue weighted by Gasteiger charge is -2.35. The molecule has 1 aliphatic rings. The number of ether oxygens (including phenoxy) is 1. The molecule has 0 bridgehead atoms. The minimum atomic E-state index is -4.00. The number of primary sulfonamides is 1. The van der Waals surface area contributed by atoms with E-state index in [4.69, 9.17) is 21.5 Å². The molecule has 1 aromatic rings. The molecule has 0 heterocycles. The molecule has 2 rings (SSSR count). The van der Waals surface area contributed by atoms with Crippen LogP contribution in [0.2, 0.25) is 5.02 Å². The van der Waals surface area contributed by atoms with E-state index in [0.717, 1.165) is 25.3 Å². The summed E-state index contributed by atoms with van der Waals surface area (Å²) in [5, 5.41) is 8.02. The van der Waals surface area contributed by atoms with Crippen LogP contribution < -0.4 is 10.5 Å². The van der Waals surface area contributed by atoms with Crippen LogP contribution in [0.1, 0.15) is 50.4 Å². The largest absolute Gasteiger partial charge is 0.449 e. The molecule has 0 spiro atoms. The number of carbonyl (C=O) groups excluding carboxylic acids is 2. The van der Waals surface area contributed by atoms with Crippen molar-refractivity contribution >= 4 is 33.5 Å². The summed E-state index contributed by atoms with van der Waals surface area (Å²) in [6.07, 6.45) is 2.02. The fourth-order valence-electron chi connectivity index (χ4n) is 3.20. The normalized spacial score (nSPS) is 24.1. The summed E-state index contributed by atoms with van der Waals surface area (Å²) in [6, 6.07) is 3.51. The van der Waals surface area contributed by atoms with Gasteiger partial charge in [-0.25, -0.2) is 18.4 Å². The zero-order valence-electron chi connectivity index (χ0n) is 15.6. The van der Waals surface area contributed by atoms with Crippen molar-refractivity contribution in [3.63, 3.8) is 0 Å². The molecule has 1 aliphatic carbocycles. The molecule has 1 fully saturated rings. The number of nitrogens with two attached hydrogens (primary N) is 1. The minimum absolute atomic E-state index is 0.00901. The molecule has 0 aromatic heterocycles. The van der Waals surface area contributed by atoms with Gasteiger partial charge in [0.1, 0.15) is 0 Å². The van der Waals surface area contributed by atoms with Gasteiger partial charge in [0.2, 0.25) is 10.0 Å². The smallest absolute Gasteiger partial charge is 0.340 e. The summed E-state index contributed by atoms with van der Waals surface area (Å²) in [7, 11) is -4.00. The molecule has 3 N–H and O–H groups in total. The Bertz CT molecular complexity index is 827. The van der Waals surface area contributed by atoms with Crippen LogP contribution in [0, 0.1) is 11.8 Å². The molecular weight excluding hydrogens is 392 g/mol. The van der Waals surface area contributed by atoms with Crippen LogP contribution in [0.3, 0.4) is 0 Å². The van der Waals surface area contributed by atoms with Crippen molar-refractivity contribution in [2.24, 2.45) is 17.0 Å². The van der Waals surface area contributed by atoms with Gasteiger partial charge >= 0.3 is 5.97 Å². The monoisotopic (exact) mass is 416 g/mol. The lowest BCUT2D eigenvalue weighted by Crippen LogP contribution is -2.47. The Hall–Kier alpha value is -1.64. The van der Waals surface area contributed by atoms with E-state index in [-0.39, 0.29) is 21.5 Å². The van der Waals surface area contributed by atoms with Gasteiger partial charge in [-0.3, -0.25) is 4.79 Å². The van der Waals surface area contributed by atoms with Gasteiger partial charge in [-0.15, -0.1) is 0 Å². The van der Waals surface area contributed by atoms with E-state index in [9.17, 15) is 18.0 Å². The quantitative estimate of drug-likeness (QED) is 0.715. The third kappa shape index (κ3) is 5.43. The van der Waals surface area contributed by atoms with Crippen molar-refractivity contribution in [1.82, 2.24) is 5.32 Å². The number of carbonyl (C=O) groups is 2. The first-order valence-electron chi connectivity index (χ1n) is 8.84. The summed E-state index contributed by atoms with van der Waals surface area (Å²) >= 11 is 5.96. The van der Waals surface area contributed by atoms with Gasteiger partial charge < -0.3 is 10.1 Å². The number of sulfonamides is 1. The lowest BCUT2D eigenvalue weighted by atomic mass is 9.78. The summed E-state index contributed by atoms with van der Waals surface area (Å²) in [6.45, 7) is 5.72. The molecule has 0 aliphatic heterocycles. The highest BCUT2D eigenvalue weighted by Crippen LogP contribution is 2.29. The van der Waals surface area contributed by atoms with Crippen LogP contribution in [0.15, 0.2) is 23.1 Å². The van der Waals surface area contributed by atoms with E-state index in [1.807, 2.05) is 0 Å². The third-order valence-corrected chi connectivity index (χ3v) is 6.41. The Kier molecular flexibility index (Phi) is 6.88. The molecule has 0 radical (unpaired) electrons. The van der Waals surface area contributed by atoms with Crippen molar-refractivity contribution in [1.29, 1.82) is 0 Å². The first kappa shape index (κ1) is 21.7. The highest BCUT2D eigenvalue weighted by molar-refractivity contribution is 7.89. The van der Waals surface area contributed by atoms with Crippen molar-refractivity contribution in [3.05, 3.63) is 28.8 Å². The predicted molar refractivity (Wildman–Crippen MR) is 102 cm³/mol. The number of nitrogens with one attached hydrogen (secondary N) is 1. The van der Waals surface area contributed by atoms with Crippen LogP contribution in [0.4, 0.5) is 0 Å². The number of rotatable bonds is 5. The number of hydrogen-bond donors (Lipinski definition) is 2. The molecular formula is C18H25ClN2O5S. The maximum absolute atomic E-state index is 12.4. The SMILES string of the molecule is C[C@H]1[C@H](C)CCC[C@@H]1NC(=O)[C@@H](C)OC(=O)c1cc(S(N)(=O)=O)ccc1Cl. The van der Waals surface area contributed by atoms with Crippen molar-refractivity contribution < 1.29 is 22.7 Å². The van der Waals surface area contributed by atoms with E-state index in [1.165, 1.54) is 19.1 Å². The van der Waals surface area contributed by atoms with Crippen LogP contribution in [-0.2, 0) is 19.6 Å². The van der Waals surface area contributed by atoms with Crippen molar-refractivity contribution in [2.45, 2.75) is 57.1 Å².